The average molecular weight is 326 g/mol. The van der Waals surface area contributed by atoms with Gasteiger partial charge in [-0.25, -0.2) is 0 Å². The Bertz CT molecular complexity index is 594. The van der Waals surface area contributed by atoms with Crippen LogP contribution in [0.2, 0.25) is 0 Å². The number of pyridine rings is 1. The first kappa shape index (κ1) is 17.8. The van der Waals surface area contributed by atoms with Gasteiger partial charge in [0, 0.05) is 30.1 Å². The summed E-state index contributed by atoms with van der Waals surface area (Å²) in [5.41, 5.74) is 3.08. The molecule has 0 atom stereocenters. The third-order valence-corrected chi connectivity index (χ3v) is 6.37. The topological polar surface area (TPSA) is 25.2 Å². The van der Waals surface area contributed by atoms with Crippen LogP contribution in [0.4, 0.5) is 0 Å². The van der Waals surface area contributed by atoms with Crippen molar-refractivity contribution in [2.45, 2.75) is 51.9 Å². The second-order valence-electron chi connectivity index (χ2n) is 7.68. The fourth-order valence-corrected chi connectivity index (χ4v) is 5.79. The molecule has 3 heteroatoms. The number of hydrogen-bond acceptors (Lipinski definition) is 2. The third-order valence-electron chi connectivity index (χ3n) is 3.43. The number of rotatable bonds is 3. The quantitative estimate of drug-likeness (QED) is 0.508. The van der Waals surface area contributed by atoms with E-state index in [-0.39, 0.29) is 10.3 Å². The van der Waals surface area contributed by atoms with Crippen molar-refractivity contribution in [1.82, 2.24) is 4.98 Å². The summed E-state index contributed by atoms with van der Waals surface area (Å²) in [7, 11) is -0.581. The molecular weight excluding hydrogens is 299 g/mol. The van der Waals surface area contributed by atoms with E-state index in [0.29, 0.717) is 0 Å². The highest BCUT2D eigenvalue weighted by Gasteiger charge is 2.35. The number of hydrogen-bond donors (Lipinski definition) is 0. The van der Waals surface area contributed by atoms with E-state index in [1.54, 1.807) is 0 Å². The van der Waals surface area contributed by atoms with Gasteiger partial charge in [-0.15, -0.1) is 0 Å². The molecule has 2 aromatic rings. The van der Waals surface area contributed by atoms with Gasteiger partial charge in [0.25, 0.3) is 0 Å². The van der Waals surface area contributed by atoms with E-state index in [2.05, 4.69) is 70.8 Å². The summed E-state index contributed by atoms with van der Waals surface area (Å²) < 4.78 is 5.28. The summed E-state index contributed by atoms with van der Waals surface area (Å²) in [5.74, 6) is 0. The molecule has 122 valence electrons. The van der Waals surface area contributed by atoms with Crippen molar-refractivity contribution in [3.63, 3.8) is 0 Å². The second-order valence-corrected chi connectivity index (χ2v) is 11.2. The van der Waals surface area contributed by atoms with Crippen LogP contribution >= 0.6 is 8.07 Å². The van der Waals surface area contributed by atoms with Gasteiger partial charge in [0.05, 0.1) is 11.4 Å². The molecule has 0 aliphatic heterocycles. The fraction of sp³-hybridized carbons (Fsp3) is 0.400. The molecule has 23 heavy (non-hydrogen) atoms. The largest absolute Gasteiger partial charge is 0.258 e. The van der Waals surface area contributed by atoms with Crippen LogP contribution in [0.1, 0.15) is 52.8 Å². The summed E-state index contributed by atoms with van der Waals surface area (Å²) in [6.07, 6.45) is 1.84. The summed E-state index contributed by atoms with van der Waals surface area (Å²) in [4.78, 5) is 4.55. The molecule has 1 aromatic carbocycles. The van der Waals surface area contributed by atoms with Gasteiger partial charge in [0.15, 0.2) is 0 Å². The van der Waals surface area contributed by atoms with Crippen molar-refractivity contribution >= 4 is 13.8 Å². The molecular formula is C20H27N2P. The van der Waals surface area contributed by atoms with Crippen LogP contribution in [0.15, 0.2) is 59.5 Å². The first-order chi connectivity index (χ1) is 10.7. The molecule has 0 saturated carbocycles. The Labute approximate surface area is 141 Å². The molecule has 0 amide bonds. The van der Waals surface area contributed by atoms with E-state index in [1.165, 1.54) is 0 Å². The maximum atomic E-state index is 5.28. The van der Waals surface area contributed by atoms with Crippen molar-refractivity contribution in [1.29, 1.82) is 0 Å². The minimum atomic E-state index is -0.581. The molecule has 1 heterocycles. The van der Waals surface area contributed by atoms with Gasteiger partial charge in [-0.3, -0.25) is 9.75 Å². The standard InChI is InChI=1S/C20H27N2P/c1-19(2,3)23(20(4,5)6)22-18(16-12-8-7-9-13-16)17-14-10-11-15-21-17/h7-15H,1-6H3/b22-18-. The minimum absolute atomic E-state index is 0.141. The minimum Gasteiger partial charge on any atom is -0.258 e. The van der Waals surface area contributed by atoms with E-state index < -0.39 is 8.07 Å². The Kier molecular flexibility index (Phi) is 5.37. The van der Waals surface area contributed by atoms with Gasteiger partial charge >= 0.3 is 0 Å². The Morgan fingerprint density at radius 1 is 0.826 bits per heavy atom. The van der Waals surface area contributed by atoms with Crippen LogP contribution in [0, 0.1) is 0 Å². The highest BCUT2D eigenvalue weighted by molar-refractivity contribution is 7.59. The first-order valence-electron chi connectivity index (χ1n) is 8.05. The predicted octanol–water partition coefficient (Wildman–Crippen LogP) is 5.91. The van der Waals surface area contributed by atoms with Crippen molar-refractivity contribution in [3.8, 4) is 0 Å². The van der Waals surface area contributed by atoms with Gasteiger partial charge in [0.2, 0.25) is 0 Å². The van der Waals surface area contributed by atoms with Crippen LogP contribution < -0.4 is 0 Å². The van der Waals surface area contributed by atoms with Crippen LogP contribution in [-0.2, 0) is 0 Å². The molecule has 0 aliphatic carbocycles. The molecule has 0 bridgehead atoms. The summed E-state index contributed by atoms with van der Waals surface area (Å²) >= 11 is 0. The second kappa shape index (κ2) is 6.93. The smallest absolute Gasteiger partial charge is 0.0947 e. The molecule has 0 aliphatic rings. The lowest BCUT2D eigenvalue weighted by molar-refractivity contribution is 0.706. The molecule has 0 fully saturated rings. The summed E-state index contributed by atoms with van der Waals surface area (Å²) in [5, 5.41) is 0.283. The van der Waals surface area contributed by atoms with Crippen LogP contribution in [0.3, 0.4) is 0 Å². The Hall–Kier alpha value is -1.53. The first-order valence-corrected chi connectivity index (χ1v) is 9.35. The van der Waals surface area contributed by atoms with E-state index in [4.69, 9.17) is 4.76 Å². The van der Waals surface area contributed by atoms with Gasteiger partial charge in [-0.1, -0.05) is 77.9 Å². The van der Waals surface area contributed by atoms with Gasteiger partial charge < -0.3 is 0 Å². The molecule has 0 saturated heterocycles. The Morgan fingerprint density at radius 2 is 1.39 bits per heavy atom. The van der Waals surface area contributed by atoms with Crippen molar-refractivity contribution in [2.24, 2.45) is 4.76 Å². The zero-order chi connectivity index (χ0) is 17.1. The predicted molar refractivity (Wildman–Crippen MR) is 103 cm³/mol. The van der Waals surface area contributed by atoms with Crippen LogP contribution in [-0.4, -0.2) is 21.0 Å². The van der Waals surface area contributed by atoms with Crippen LogP contribution in [0.5, 0.6) is 0 Å². The van der Waals surface area contributed by atoms with Gasteiger partial charge in [0.1, 0.15) is 0 Å². The Morgan fingerprint density at radius 3 is 1.87 bits per heavy atom. The Balaban J connectivity index is 2.61. The lowest BCUT2D eigenvalue weighted by Gasteiger charge is -2.38. The number of nitrogens with zero attached hydrogens (tertiary/aromatic N) is 2. The molecule has 0 radical (unpaired) electrons. The zero-order valence-corrected chi connectivity index (χ0v) is 15.9. The third kappa shape index (κ3) is 4.72. The van der Waals surface area contributed by atoms with E-state index in [0.717, 1.165) is 17.0 Å². The lowest BCUT2D eigenvalue weighted by Crippen LogP contribution is -2.24. The summed E-state index contributed by atoms with van der Waals surface area (Å²) in [6.45, 7) is 13.7. The molecule has 0 spiro atoms. The molecule has 1 aromatic heterocycles. The van der Waals surface area contributed by atoms with Crippen molar-refractivity contribution in [3.05, 3.63) is 66.0 Å². The molecule has 0 N–H and O–H groups in total. The van der Waals surface area contributed by atoms with E-state index in [9.17, 15) is 0 Å². The average Bonchev–Trinajstić information content (AvgIpc) is 2.47. The highest BCUT2D eigenvalue weighted by atomic mass is 31.1. The fourth-order valence-electron chi connectivity index (χ4n) is 2.76. The lowest BCUT2D eigenvalue weighted by atomic mass is 10.1. The molecule has 2 nitrogen and oxygen atoms in total. The van der Waals surface area contributed by atoms with E-state index >= 15 is 0 Å². The van der Waals surface area contributed by atoms with Gasteiger partial charge in [-0.05, 0) is 12.1 Å². The maximum absolute atomic E-state index is 5.28. The van der Waals surface area contributed by atoms with E-state index in [1.807, 2.05) is 30.5 Å². The SMILES string of the molecule is CC(C)(C)P(/N=C(/c1ccccc1)c1ccccn1)C(C)(C)C. The zero-order valence-electron chi connectivity index (χ0n) is 15.0. The maximum Gasteiger partial charge on any atom is 0.0947 e. The highest BCUT2D eigenvalue weighted by Crippen LogP contribution is 2.60. The van der Waals surface area contributed by atoms with Crippen LogP contribution in [0.25, 0.3) is 0 Å². The molecule has 0 unspecified atom stereocenters. The monoisotopic (exact) mass is 326 g/mol. The number of benzene rings is 1. The normalized spacial score (nSPS) is 13.4. The molecule has 2 rings (SSSR count). The summed E-state index contributed by atoms with van der Waals surface area (Å²) in [6, 6.07) is 16.4. The van der Waals surface area contributed by atoms with Gasteiger partial charge in [-0.2, -0.15) is 0 Å². The number of aromatic nitrogens is 1. The van der Waals surface area contributed by atoms with Crippen molar-refractivity contribution < 1.29 is 0 Å². The van der Waals surface area contributed by atoms with Crippen molar-refractivity contribution in [2.75, 3.05) is 0 Å².